The number of benzene rings is 1. The van der Waals surface area contributed by atoms with Crippen LogP contribution in [-0.2, 0) is 20.7 Å². The number of amides is 1. The third-order valence-electron chi connectivity index (χ3n) is 3.05. The predicted molar refractivity (Wildman–Crippen MR) is 104 cm³/mol. The molecule has 0 fully saturated rings. The number of halogens is 1. The number of ether oxygens (including phenoxy) is 2. The summed E-state index contributed by atoms with van der Waals surface area (Å²) in [7, 11) is 0. The van der Waals surface area contributed by atoms with E-state index in [2.05, 4.69) is 21.2 Å². The Morgan fingerprint density at radius 3 is 2.19 bits per heavy atom. The van der Waals surface area contributed by atoms with E-state index in [-0.39, 0.29) is 17.7 Å². The first kappa shape index (κ1) is 22.9. The molecule has 0 saturated heterocycles. The lowest BCUT2D eigenvalue weighted by molar-refractivity contribution is -0.385. The summed E-state index contributed by atoms with van der Waals surface area (Å²) in [5.41, 5.74) is -1.41. The Morgan fingerprint density at radius 1 is 1.15 bits per heavy atom. The molecule has 1 atom stereocenters. The van der Waals surface area contributed by atoms with E-state index >= 15 is 0 Å². The lowest BCUT2D eigenvalue weighted by Crippen LogP contribution is -2.47. The highest BCUT2D eigenvalue weighted by Crippen LogP contribution is 2.25. The van der Waals surface area contributed by atoms with E-state index in [1.807, 2.05) is 0 Å². The van der Waals surface area contributed by atoms with Gasteiger partial charge in [0.05, 0.1) is 4.92 Å². The summed E-state index contributed by atoms with van der Waals surface area (Å²) in [6, 6.07) is 3.35. The molecule has 0 spiro atoms. The number of nitro benzene ring substituents is 1. The van der Waals surface area contributed by atoms with Gasteiger partial charge in [-0.15, -0.1) is 0 Å². The predicted octanol–water partition coefficient (Wildman–Crippen LogP) is 4.13. The van der Waals surface area contributed by atoms with E-state index in [1.54, 1.807) is 47.6 Å². The number of carbonyl (C=O) groups excluding carboxylic acids is 2. The SMILES string of the molecule is CC(C)(C)OC(=O)N[C@@H](Cc1ccc(Br)cc1[N+](=O)[O-])C(=O)OC(C)(C)C. The van der Waals surface area contributed by atoms with Crippen LogP contribution in [0, 0.1) is 10.1 Å². The summed E-state index contributed by atoms with van der Waals surface area (Å²) in [4.78, 5) is 35.4. The standard InChI is InChI=1S/C18H25BrN2O6/c1-17(2,3)26-15(22)13(20-16(23)27-18(4,5)6)9-11-7-8-12(19)10-14(11)21(24)25/h7-8,10,13H,9H2,1-6H3,(H,20,23)/t13-/m0/s1. The molecular formula is C18H25BrN2O6. The number of carbonyl (C=O) groups is 2. The molecule has 0 aliphatic rings. The smallest absolute Gasteiger partial charge is 0.408 e. The summed E-state index contributed by atoms with van der Waals surface area (Å²) in [5.74, 6) is -0.703. The Balaban J connectivity index is 3.13. The van der Waals surface area contributed by atoms with Crippen molar-refractivity contribution in [1.82, 2.24) is 5.32 Å². The maximum absolute atomic E-state index is 12.5. The highest BCUT2D eigenvalue weighted by atomic mass is 79.9. The topological polar surface area (TPSA) is 108 Å². The number of rotatable bonds is 5. The lowest BCUT2D eigenvalue weighted by atomic mass is 10.0. The van der Waals surface area contributed by atoms with Gasteiger partial charge in [0.15, 0.2) is 0 Å². The van der Waals surface area contributed by atoms with Gasteiger partial charge in [-0.25, -0.2) is 9.59 Å². The third kappa shape index (κ3) is 8.38. The van der Waals surface area contributed by atoms with Gasteiger partial charge < -0.3 is 14.8 Å². The Kier molecular flexibility index (Phi) is 7.36. The molecule has 0 bridgehead atoms. The van der Waals surface area contributed by atoms with E-state index in [9.17, 15) is 19.7 Å². The molecule has 9 heteroatoms. The van der Waals surface area contributed by atoms with Crippen LogP contribution in [0.2, 0.25) is 0 Å². The summed E-state index contributed by atoms with van der Waals surface area (Å²) in [6.07, 6.45) is -0.921. The Labute approximate surface area is 166 Å². The van der Waals surface area contributed by atoms with Gasteiger partial charge in [0.2, 0.25) is 0 Å². The fourth-order valence-electron chi connectivity index (χ4n) is 2.12. The summed E-state index contributed by atoms with van der Waals surface area (Å²) < 4.78 is 11.1. The molecule has 27 heavy (non-hydrogen) atoms. The minimum absolute atomic E-state index is 0.113. The first-order chi connectivity index (χ1) is 12.2. The molecule has 0 aromatic heterocycles. The molecule has 1 N–H and O–H groups in total. The number of alkyl carbamates (subject to hydrolysis) is 1. The van der Waals surface area contributed by atoms with Crippen molar-refractivity contribution < 1.29 is 24.0 Å². The van der Waals surface area contributed by atoms with E-state index in [0.29, 0.717) is 4.47 Å². The monoisotopic (exact) mass is 444 g/mol. The Hall–Kier alpha value is -2.16. The molecule has 1 amide bonds. The second-order valence-electron chi connectivity index (χ2n) is 7.97. The van der Waals surface area contributed by atoms with Gasteiger partial charge in [-0.3, -0.25) is 10.1 Å². The van der Waals surface area contributed by atoms with Gasteiger partial charge in [-0.05, 0) is 47.6 Å². The van der Waals surface area contributed by atoms with Crippen LogP contribution in [0.1, 0.15) is 47.1 Å². The van der Waals surface area contributed by atoms with Crippen LogP contribution in [0.5, 0.6) is 0 Å². The molecule has 0 aliphatic heterocycles. The van der Waals surface area contributed by atoms with Crippen LogP contribution in [0.3, 0.4) is 0 Å². The van der Waals surface area contributed by atoms with E-state index in [4.69, 9.17) is 9.47 Å². The number of nitro groups is 1. The fourth-order valence-corrected chi connectivity index (χ4v) is 2.46. The zero-order valence-corrected chi connectivity index (χ0v) is 17.9. The molecule has 150 valence electrons. The molecule has 0 radical (unpaired) electrons. The molecule has 1 aromatic rings. The molecule has 0 heterocycles. The first-order valence-corrected chi connectivity index (χ1v) is 9.12. The Bertz CT molecular complexity index is 722. The maximum atomic E-state index is 12.5. The zero-order chi connectivity index (χ0) is 21.0. The molecule has 8 nitrogen and oxygen atoms in total. The minimum atomic E-state index is -1.14. The van der Waals surface area contributed by atoms with Crippen molar-refractivity contribution in [3.63, 3.8) is 0 Å². The number of hydrogen-bond acceptors (Lipinski definition) is 6. The molecular weight excluding hydrogens is 420 g/mol. The number of nitrogens with one attached hydrogen (secondary N) is 1. The molecule has 1 aromatic carbocycles. The summed E-state index contributed by atoms with van der Waals surface area (Å²) in [6.45, 7) is 10.1. The van der Waals surface area contributed by atoms with Crippen molar-refractivity contribution in [1.29, 1.82) is 0 Å². The van der Waals surface area contributed by atoms with Crippen LogP contribution in [0.15, 0.2) is 22.7 Å². The summed E-state index contributed by atoms with van der Waals surface area (Å²) >= 11 is 3.19. The van der Waals surface area contributed by atoms with Gasteiger partial charge in [0, 0.05) is 22.5 Å². The number of nitrogens with zero attached hydrogens (tertiary/aromatic N) is 1. The van der Waals surface area contributed by atoms with E-state index in [1.165, 1.54) is 12.1 Å². The van der Waals surface area contributed by atoms with E-state index < -0.39 is 34.2 Å². The largest absolute Gasteiger partial charge is 0.458 e. The van der Waals surface area contributed by atoms with Crippen molar-refractivity contribution in [2.75, 3.05) is 0 Å². The van der Waals surface area contributed by atoms with Crippen molar-refractivity contribution in [3.05, 3.63) is 38.3 Å². The highest BCUT2D eigenvalue weighted by molar-refractivity contribution is 9.10. The van der Waals surface area contributed by atoms with Crippen LogP contribution in [0.4, 0.5) is 10.5 Å². The molecule has 0 saturated carbocycles. The van der Waals surface area contributed by atoms with Gasteiger partial charge in [-0.1, -0.05) is 22.0 Å². The van der Waals surface area contributed by atoms with Crippen LogP contribution >= 0.6 is 15.9 Å². The minimum Gasteiger partial charge on any atom is -0.458 e. The third-order valence-corrected chi connectivity index (χ3v) is 3.54. The lowest BCUT2D eigenvalue weighted by Gasteiger charge is -2.26. The number of esters is 1. The van der Waals surface area contributed by atoms with Gasteiger partial charge in [-0.2, -0.15) is 0 Å². The van der Waals surface area contributed by atoms with Crippen LogP contribution in [0.25, 0.3) is 0 Å². The molecule has 0 unspecified atom stereocenters. The van der Waals surface area contributed by atoms with Gasteiger partial charge in [0.1, 0.15) is 17.2 Å². The van der Waals surface area contributed by atoms with Crippen molar-refractivity contribution >= 4 is 33.7 Å². The average Bonchev–Trinajstić information content (AvgIpc) is 2.44. The molecule has 0 aliphatic carbocycles. The van der Waals surface area contributed by atoms with Crippen molar-refractivity contribution in [2.24, 2.45) is 0 Å². The normalized spacial score (nSPS) is 12.9. The molecule has 1 rings (SSSR count). The Morgan fingerprint density at radius 2 is 1.70 bits per heavy atom. The maximum Gasteiger partial charge on any atom is 0.408 e. The average molecular weight is 445 g/mol. The van der Waals surface area contributed by atoms with E-state index in [0.717, 1.165) is 0 Å². The fraction of sp³-hybridized carbons (Fsp3) is 0.556. The van der Waals surface area contributed by atoms with Crippen molar-refractivity contribution in [3.8, 4) is 0 Å². The van der Waals surface area contributed by atoms with Gasteiger partial charge in [0.25, 0.3) is 5.69 Å². The first-order valence-electron chi connectivity index (χ1n) is 8.33. The van der Waals surface area contributed by atoms with Crippen LogP contribution in [-0.4, -0.2) is 34.2 Å². The summed E-state index contributed by atoms with van der Waals surface area (Å²) in [5, 5.41) is 13.8. The van der Waals surface area contributed by atoms with Gasteiger partial charge >= 0.3 is 12.1 Å². The zero-order valence-electron chi connectivity index (χ0n) is 16.3. The second-order valence-corrected chi connectivity index (χ2v) is 8.88. The van der Waals surface area contributed by atoms with Crippen LogP contribution < -0.4 is 5.32 Å². The highest BCUT2D eigenvalue weighted by Gasteiger charge is 2.31. The van der Waals surface area contributed by atoms with Crippen molar-refractivity contribution in [2.45, 2.75) is 65.2 Å². The quantitative estimate of drug-likeness (QED) is 0.415. The second kappa shape index (κ2) is 8.69. The number of hydrogen-bond donors (Lipinski definition) is 1.